The first-order valence-corrected chi connectivity index (χ1v) is 11.4. The van der Waals surface area contributed by atoms with Crippen LogP contribution in [0.1, 0.15) is 46.4 Å². The fraction of sp³-hybridized carbons (Fsp3) is 0.360. The summed E-state index contributed by atoms with van der Waals surface area (Å²) in [6.45, 7) is 4.19. The fourth-order valence-corrected chi connectivity index (χ4v) is 5.04. The number of aromatic nitrogens is 1. The minimum Gasteiger partial charge on any atom is -0.494 e. The van der Waals surface area contributed by atoms with Crippen molar-refractivity contribution in [2.75, 3.05) is 20.2 Å². The van der Waals surface area contributed by atoms with Crippen LogP contribution in [0.5, 0.6) is 5.75 Å². The number of hydrogen-bond donors (Lipinski definition) is 3. The van der Waals surface area contributed by atoms with Gasteiger partial charge in [-0.3, -0.25) is 19.7 Å². The van der Waals surface area contributed by atoms with Crippen LogP contribution in [-0.4, -0.2) is 63.0 Å². The van der Waals surface area contributed by atoms with Gasteiger partial charge in [-0.2, -0.15) is 0 Å². The van der Waals surface area contributed by atoms with Gasteiger partial charge in [-0.05, 0) is 47.9 Å². The summed E-state index contributed by atoms with van der Waals surface area (Å²) in [5.74, 6) is -0.249. The Hall–Kier alpha value is -3.40. The van der Waals surface area contributed by atoms with Gasteiger partial charge in [0.05, 0.1) is 12.5 Å². The minimum absolute atomic E-state index is 0.0944. The smallest absolute Gasteiger partial charge is 0.274 e. The molecule has 0 saturated carbocycles. The zero-order valence-corrected chi connectivity index (χ0v) is 19.2. The molecule has 1 saturated heterocycles. The van der Waals surface area contributed by atoms with Gasteiger partial charge in [0.25, 0.3) is 5.91 Å². The normalized spacial score (nSPS) is 21.5. The van der Waals surface area contributed by atoms with Gasteiger partial charge in [-0.15, -0.1) is 0 Å². The molecule has 1 fully saturated rings. The molecule has 5 rings (SSSR count). The Balaban J connectivity index is 1.62. The highest BCUT2D eigenvalue weighted by atomic mass is 16.5. The molecule has 9 nitrogen and oxygen atoms in total. The summed E-state index contributed by atoms with van der Waals surface area (Å²) in [5.41, 5.74) is 5.96. The number of aliphatic hydroxyl groups excluding tert-OH is 1. The third-order valence-corrected chi connectivity index (χ3v) is 6.75. The first-order chi connectivity index (χ1) is 16.4. The number of nitrogens with zero attached hydrogens (tertiary/aromatic N) is 3. The summed E-state index contributed by atoms with van der Waals surface area (Å²) in [6, 6.07) is 13.0. The molecule has 3 heterocycles. The van der Waals surface area contributed by atoms with Crippen LogP contribution in [0.4, 0.5) is 0 Å². The molecular formula is C25H28N4O5. The predicted molar refractivity (Wildman–Crippen MR) is 124 cm³/mol. The maximum Gasteiger partial charge on any atom is 0.274 e. The van der Waals surface area contributed by atoms with Gasteiger partial charge in [-0.1, -0.05) is 19.1 Å². The molecule has 1 aromatic heterocycles. The molecule has 2 aromatic carbocycles. The highest BCUT2D eigenvalue weighted by molar-refractivity contribution is 5.95. The Morgan fingerprint density at radius 3 is 2.68 bits per heavy atom. The highest BCUT2D eigenvalue weighted by Crippen LogP contribution is 2.42. The third-order valence-electron chi connectivity index (χ3n) is 6.75. The van der Waals surface area contributed by atoms with E-state index >= 15 is 0 Å². The summed E-state index contributed by atoms with van der Waals surface area (Å²) in [4.78, 5) is 28.1. The van der Waals surface area contributed by atoms with Crippen LogP contribution < -0.4 is 10.2 Å². The standard InChI is InChI=1S/C25H28N4O5/c1-3-10-34-17-8-9-20-18(11-17)22-19-13-28(25(32)27(2)24(19)31)14-21(22)29(20)12-15-4-6-16(7-5-15)23(30)26-33/h4-9,11,19,25,32-33H,3,10,12-14H2,1-2H3,(H,26,30). The molecule has 3 aromatic rings. The van der Waals surface area contributed by atoms with Crippen LogP contribution in [0.15, 0.2) is 42.5 Å². The molecule has 3 atom stereocenters. The van der Waals surface area contributed by atoms with E-state index in [-0.39, 0.29) is 11.8 Å². The van der Waals surface area contributed by atoms with E-state index in [2.05, 4.69) is 11.5 Å². The molecule has 0 aliphatic carbocycles. The maximum atomic E-state index is 13.1. The second-order valence-corrected chi connectivity index (χ2v) is 8.89. The van der Waals surface area contributed by atoms with E-state index in [1.807, 2.05) is 35.2 Å². The van der Waals surface area contributed by atoms with Crippen molar-refractivity contribution in [2.45, 2.75) is 38.7 Å². The van der Waals surface area contributed by atoms with Gasteiger partial charge in [0, 0.05) is 48.8 Å². The lowest BCUT2D eigenvalue weighted by Crippen LogP contribution is -2.59. The Kier molecular flexibility index (Phi) is 5.76. The van der Waals surface area contributed by atoms with Crippen molar-refractivity contribution in [3.05, 3.63) is 64.8 Å². The topological polar surface area (TPSA) is 107 Å². The number of hydrogen-bond acceptors (Lipinski definition) is 6. The molecule has 34 heavy (non-hydrogen) atoms. The minimum atomic E-state index is -0.955. The largest absolute Gasteiger partial charge is 0.494 e. The van der Waals surface area contributed by atoms with E-state index in [1.165, 1.54) is 4.90 Å². The van der Waals surface area contributed by atoms with E-state index in [1.54, 1.807) is 24.7 Å². The first kappa shape index (κ1) is 22.4. The molecule has 178 valence electrons. The SMILES string of the molecule is CCCOc1ccc2c(c1)c1c(n2Cc2ccc(C(=O)NO)cc2)CN2CC1C(=O)N(C)C2O. The number of likely N-dealkylation sites (N-methyl/N-ethyl adjacent to an activating group) is 1. The average Bonchev–Trinajstić information content (AvgIpc) is 3.17. The fourth-order valence-electron chi connectivity index (χ4n) is 5.04. The predicted octanol–water partition coefficient (Wildman–Crippen LogP) is 2.24. The van der Waals surface area contributed by atoms with E-state index in [9.17, 15) is 14.7 Å². The summed E-state index contributed by atoms with van der Waals surface area (Å²) in [6.07, 6.45) is -0.0525. The van der Waals surface area contributed by atoms with Crippen molar-refractivity contribution in [3.8, 4) is 5.75 Å². The van der Waals surface area contributed by atoms with Crippen molar-refractivity contribution < 1.29 is 24.6 Å². The second-order valence-electron chi connectivity index (χ2n) is 8.89. The highest BCUT2D eigenvalue weighted by Gasteiger charge is 2.44. The van der Waals surface area contributed by atoms with E-state index in [0.717, 1.165) is 39.9 Å². The zero-order chi connectivity index (χ0) is 24.0. The lowest BCUT2D eigenvalue weighted by Gasteiger charge is -2.45. The van der Waals surface area contributed by atoms with Gasteiger partial charge in [-0.25, -0.2) is 5.48 Å². The molecule has 3 N–H and O–H groups in total. The van der Waals surface area contributed by atoms with Crippen LogP contribution in [0.25, 0.3) is 10.9 Å². The van der Waals surface area contributed by atoms with Crippen molar-refractivity contribution in [2.24, 2.45) is 0 Å². The molecule has 2 amide bonds. The first-order valence-electron chi connectivity index (χ1n) is 11.4. The summed E-state index contributed by atoms with van der Waals surface area (Å²) in [7, 11) is 1.64. The van der Waals surface area contributed by atoms with E-state index < -0.39 is 12.3 Å². The van der Waals surface area contributed by atoms with E-state index in [4.69, 9.17) is 9.94 Å². The number of aliphatic hydroxyl groups is 1. The third kappa shape index (κ3) is 3.62. The average molecular weight is 465 g/mol. The van der Waals surface area contributed by atoms with E-state index in [0.29, 0.717) is 31.8 Å². The molecule has 9 heteroatoms. The number of nitrogens with one attached hydrogen (secondary N) is 1. The lowest BCUT2D eigenvalue weighted by molar-refractivity contribution is -0.174. The number of benzene rings is 2. The number of carbonyl (C=O) groups excluding carboxylic acids is 2. The Bertz CT molecular complexity index is 1250. The zero-order valence-electron chi connectivity index (χ0n) is 19.2. The van der Waals surface area contributed by atoms with Crippen LogP contribution in [0, 0.1) is 0 Å². The van der Waals surface area contributed by atoms with Gasteiger partial charge >= 0.3 is 0 Å². The number of ether oxygens (including phenoxy) is 1. The lowest BCUT2D eigenvalue weighted by atomic mass is 9.89. The van der Waals surface area contributed by atoms with Gasteiger partial charge < -0.3 is 19.3 Å². The van der Waals surface area contributed by atoms with Crippen molar-refractivity contribution in [3.63, 3.8) is 0 Å². The Morgan fingerprint density at radius 2 is 1.97 bits per heavy atom. The molecule has 0 radical (unpaired) electrons. The van der Waals surface area contributed by atoms with Crippen LogP contribution in [0.3, 0.4) is 0 Å². The summed E-state index contributed by atoms with van der Waals surface area (Å²) < 4.78 is 8.06. The number of rotatable bonds is 6. The number of hydroxylamine groups is 1. The molecule has 3 unspecified atom stereocenters. The second kappa shape index (κ2) is 8.75. The van der Waals surface area contributed by atoms with Crippen molar-refractivity contribution >= 4 is 22.7 Å². The van der Waals surface area contributed by atoms with Crippen LogP contribution >= 0.6 is 0 Å². The molecule has 2 aliphatic heterocycles. The number of fused-ring (bicyclic) bond motifs is 6. The Morgan fingerprint density at radius 1 is 1.21 bits per heavy atom. The Labute approximate surface area is 197 Å². The molecule has 2 bridgehead atoms. The molecular weight excluding hydrogens is 436 g/mol. The van der Waals surface area contributed by atoms with Gasteiger partial charge in [0.1, 0.15) is 5.75 Å². The maximum absolute atomic E-state index is 13.1. The summed E-state index contributed by atoms with van der Waals surface area (Å²) >= 11 is 0. The molecule has 2 aliphatic rings. The van der Waals surface area contributed by atoms with Gasteiger partial charge in [0.2, 0.25) is 5.91 Å². The number of amides is 2. The quantitative estimate of drug-likeness (QED) is 0.382. The van der Waals surface area contributed by atoms with Crippen LogP contribution in [0.2, 0.25) is 0 Å². The van der Waals surface area contributed by atoms with Crippen LogP contribution in [-0.2, 0) is 17.9 Å². The number of carbonyl (C=O) groups is 2. The monoisotopic (exact) mass is 464 g/mol. The molecule has 0 spiro atoms. The van der Waals surface area contributed by atoms with Crippen molar-refractivity contribution in [1.29, 1.82) is 0 Å². The summed E-state index contributed by atoms with van der Waals surface area (Å²) in [5, 5.41) is 20.5. The van der Waals surface area contributed by atoms with Crippen molar-refractivity contribution in [1.82, 2.24) is 19.8 Å². The van der Waals surface area contributed by atoms with Gasteiger partial charge in [0.15, 0.2) is 6.35 Å².